The number of nitrogens with zero attached hydrogens (tertiary/aromatic N) is 1. The number of carbonyl (C=O) groups is 1. The second kappa shape index (κ2) is 12.5. The zero-order valence-corrected chi connectivity index (χ0v) is 18.8. The summed E-state index contributed by atoms with van der Waals surface area (Å²) in [7, 11) is 1.55. The van der Waals surface area contributed by atoms with Gasteiger partial charge in [-0.3, -0.25) is 9.69 Å². The Balaban J connectivity index is 0.000000244. The molecule has 0 spiro atoms. The van der Waals surface area contributed by atoms with Crippen LogP contribution < -0.4 is 20.7 Å². The van der Waals surface area contributed by atoms with Crippen LogP contribution in [0, 0.1) is 6.92 Å². The maximum atomic E-state index is 12.3. The third-order valence-corrected chi connectivity index (χ3v) is 5.18. The van der Waals surface area contributed by atoms with Crippen molar-refractivity contribution in [3.63, 3.8) is 0 Å². The SMILES string of the molecule is CNc1ccc(Cl)c(C(F)(F)F)c1.Cc1ccc(NC=O)cc1OCCN1CCNCC1. The van der Waals surface area contributed by atoms with Crippen molar-refractivity contribution in [3.8, 4) is 5.75 Å². The van der Waals surface area contributed by atoms with E-state index in [9.17, 15) is 18.0 Å². The van der Waals surface area contributed by atoms with Crippen molar-refractivity contribution in [2.75, 3.05) is 57.0 Å². The van der Waals surface area contributed by atoms with Crippen LogP contribution in [0.4, 0.5) is 24.5 Å². The predicted octanol–water partition coefficient (Wildman–Crippen LogP) is 4.25. The number of hydrogen-bond acceptors (Lipinski definition) is 5. The second-order valence-corrected chi connectivity index (χ2v) is 7.53. The van der Waals surface area contributed by atoms with Crippen molar-refractivity contribution in [2.24, 2.45) is 0 Å². The van der Waals surface area contributed by atoms with Crippen LogP contribution in [-0.2, 0) is 11.0 Å². The van der Waals surface area contributed by atoms with Crippen LogP contribution >= 0.6 is 11.6 Å². The minimum atomic E-state index is -4.40. The number of ether oxygens (including phenoxy) is 1. The van der Waals surface area contributed by atoms with E-state index in [1.165, 1.54) is 12.1 Å². The third-order valence-electron chi connectivity index (χ3n) is 4.85. The van der Waals surface area contributed by atoms with Gasteiger partial charge in [-0.15, -0.1) is 0 Å². The molecule has 0 bridgehead atoms. The van der Waals surface area contributed by atoms with Gasteiger partial charge in [0, 0.05) is 57.2 Å². The summed E-state index contributed by atoms with van der Waals surface area (Å²) >= 11 is 5.39. The minimum Gasteiger partial charge on any atom is -0.492 e. The number of nitrogens with one attached hydrogen (secondary N) is 3. The Morgan fingerprint density at radius 2 is 1.84 bits per heavy atom. The first-order chi connectivity index (χ1) is 15.2. The number of hydrogen-bond donors (Lipinski definition) is 3. The average Bonchev–Trinajstić information content (AvgIpc) is 2.77. The fraction of sp³-hybridized carbons (Fsp3) is 0.409. The molecule has 1 aliphatic rings. The van der Waals surface area contributed by atoms with Crippen molar-refractivity contribution in [2.45, 2.75) is 13.1 Å². The summed E-state index contributed by atoms with van der Waals surface area (Å²) in [4.78, 5) is 12.8. The molecule has 0 unspecified atom stereocenters. The molecule has 3 rings (SSSR count). The molecule has 1 heterocycles. The van der Waals surface area contributed by atoms with Crippen LogP contribution in [0.3, 0.4) is 0 Å². The number of amides is 1. The van der Waals surface area contributed by atoms with E-state index in [4.69, 9.17) is 16.3 Å². The molecular formula is C22H28ClF3N4O2. The highest BCUT2D eigenvalue weighted by Crippen LogP contribution is 2.36. The van der Waals surface area contributed by atoms with E-state index in [-0.39, 0.29) is 5.02 Å². The molecule has 0 aromatic heterocycles. The molecule has 32 heavy (non-hydrogen) atoms. The minimum absolute atomic E-state index is 0.286. The maximum absolute atomic E-state index is 12.3. The molecule has 0 radical (unpaired) electrons. The second-order valence-electron chi connectivity index (χ2n) is 7.12. The highest BCUT2D eigenvalue weighted by molar-refractivity contribution is 6.31. The lowest BCUT2D eigenvalue weighted by atomic mass is 10.2. The van der Waals surface area contributed by atoms with Crippen molar-refractivity contribution >= 4 is 29.4 Å². The van der Waals surface area contributed by atoms with Gasteiger partial charge in [-0.05, 0) is 36.8 Å². The molecule has 2 aromatic carbocycles. The maximum Gasteiger partial charge on any atom is 0.417 e. The lowest BCUT2D eigenvalue weighted by Gasteiger charge is -2.27. The number of piperazine rings is 1. The summed E-state index contributed by atoms with van der Waals surface area (Å²) < 4.78 is 42.6. The van der Waals surface area contributed by atoms with E-state index < -0.39 is 11.7 Å². The number of alkyl halides is 3. The molecule has 0 atom stereocenters. The van der Waals surface area contributed by atoms with Crippen LogP contribution in [-0.4, -0.2) is 57.7 Å². The zero-order chi connectivity index (χ0) is 23.6. The fourth-order valence-corrected chi connectivity index (χ4v) is 3.26. The molecule has 1 amide bonds. The molecule has 1 aliphatic heterocycles. The summed E-state index contributed by atoms with van der Waals surface area (Å²) in [6.45, 7) is 7.88. The number of anilines is 2. The van der Waals surface area contributed by atoms with Gasteiger partial charge < -0.3 is 20.7 Å². The summed E-state index contributed by atoms with van der Waals surface area (Å²) in [5, 5.41) is 8.29. The smallest absolute Gasteiger partial charge is 0.417 e. The predicted molar refractivity (Wildman–Crippen MR) is 122 cm³/mol. The van der Waals surface area contributed by atoms with Gasteiger partial charge in [-0.1, -0.05) is 17.7 Å². The van der Waals surface area contributed by atoms with Gasteiger partial charge in [-0.2, -0.15) is 13.2 Å². The zero-order valence-electron chi connectivity index (χ0n) is 18.1. The molecule has 1 fully saturated rings. The molecule has 2 aromatic rings. The largest absolute Gasteiger partial charge is 0.492 e. The molecule has 0 aliphatic carbocycles. The number of rotatable bonds is 7. The summed E-state index contributed by atoms with van der Waals surface area (Å²) in [5.41, 5.74) is 1.41. The van der Waals surface area contributed by atoms with Crippen LogP contribution in [0.15, 0.2) is 36.4 Å². The average molecular weight is 473 g/mol. The number of aryl methyl sites for hydroxylation is 1. The van der Waals surface area contributed by atoms with E-state index in [2.05, 4.69) is 20.9 Å². The first-order valence-corrected chi connectivity index (χ1v) is 10.5. The van der Waals surface area contributed by atoms with Crippen LogP contribution in [0.25, 0.3) is 0 Å². The van der Waals surface area contributed by atoms with Gasteiger partial charge in [0.1, 0.15) is 12.4 Å². The Labute approximate surface area is 191 Å². The first kappa shape index (κ1) is 25.8. The molecule has 176 valence electrons. The Bertz CT molecular complexity index is 875. The molecular weight excluding hydrogens is 445 g/mol. The molecule has 10 heteroatoms. The lowest BCUT2D eigenvalue weighted by molar-refractivity contribution is -0.137. The van der Waals surface area contributed by atoms with Gasteiger partial charge in [0.05, 0.1) is 10.6 Å². The van der Waals surface area contributed by atoms with E-state index in [0.29, 0.717) is 18.7 Å². The molecule has 6 nitrogen and oxygen atoms in total. The molecule has 1 saturated heterocycles. The lowest BCUT2D eigenvalue weighted by Crippen LogP contribution is -2.44. The quantitative estimate of drug-likeness (QED) is 0.526. The summed E-state index contributed by atoms with van der Waals surface area (Å²) in [6.07, 6.45) is -3.72. The van der Waals surface area contributed by atoms with Crippen molar-refractivity contribution < 1.29 is 22.7 Å². The number of carbonyl (C=O) groups excluding carboxylic acids is 1. The fourth-order valence-electron chi connectivity index (χ4n) is 3.03. The van der Waals surface area contributed by atoms with Crippen LogP contribution in [0.2, 0.25) is 5.02 Å². The molecule has 0 saturated carbocycles. The van der Waals surface area contributed by atoms with E-state index in [0.717, 1.165) is 55.8 Å². The van der Waals surface area contributed by atoms with Gasteiger partial charge >= 0.3 is 6.18 Å². The molecule has 3 N–H and O–H groups in total. The van der Waals surface area contributed by atoms with Crippen molar-refractivity contribution in [3.05, 3.63) is 52.5 Å². The highest BCUT2D eigenvalue weighted by atomic mass is 35.5. The van der Waals surface area contributed by atoms with Crippen LogP contribution in [0.5, 0.6) is 5.75 Å². The first-order valence-electron chi connectivity index (χ1n) is 10.2. The monoisotopic (exact) mass is 472 g/mol. The summed E-state index contributed by atoms with van der Waals surface area (Å²) in [6, 6.07) is 9.36. The highest BCUT2D eigenvalue weighted by Gasteiger charge is 2.33. The van der Waals surface area contributed by atoms with E-state index in [1.54, 1.807) is 7.05 Å². The van der Waals surface area contributed by atoms with Gasteiger partial charge in [-0.25, -0.2) is 0 Å². The summed E-state index contributed by atoms with van der Waals surface area (Å²) in [5.74, 6) is 0.835. The standard InChI is InChI=1S/C14H21N3O2.C8H7ClF3N/c1-12-2-3-13(16-11-18)10-14(12)19-9-8-17-6-4-15-5-7-17;1-13-5-2-3-7(9)6(4-5)8(10,11)12/h2-3,10-11,15H,4-9H2,1H3,(H,16,18);2-4,13H,1H3. The number of benzene rings is 2. The third kappa shape index (κ3) is 8.22. The Morgan fingerprint density at radius 1 is 1.16 bits per heavy atom. The van der Waals surface area contributed by atoms with E-state index in [1.807, 2.05) is 25.1 Å². The van der Waals surface area contributed by atoms with Gasteiger partial charge in [0.25, 0.3) is 0 Å². The Kier molecular flexibility index (Phi) is 10.1. The van der Waals surface area contributed by atoms with Crippen LogP contribution in [0.1, 0.15) is 11.1 Å². The normalized spacial score (nSPS) is 14.2. The van der Waals surface area contributed by atoms with E-state index >= 15 is 0 Å². The van der Waals surface area contributed by atoms with Crippen molar-refractivity contribution in [1.29, 1.82) is 0 Å². The Morgan fingerprint density at radius 3 is 2.47 bits per heavy atom. The number of halogens is 4. The Hall–Kier alpha value is -2.49. The van der Waals surface area contributed by atoms with Gasteiger partial charge in [0.15, 0.2) is 0 Å². The van der Waals surface area contributed by atoms with Crippen molar-refractivity contribution in [1.82, 2.24) is 10.2 Å². The topological polar surface area (TPSA) is 65.6 Å². The van der Waals surface area contributed by atoms with Gasteiger partial charge in [0.2, 0.25) is 6.41 Å².